The molecule has 0 saturated heterocycles. The van der Waals surface area contributed by atoms with Gasteiger partial charge in [-0.15, -0.1) is 0 Å². The Labute approximate surface area is 112 Å². The Morgan fingerprint density at radius 1 is 1.37 bits per heavy atom. The lowest BCUT2D eigenvalue weighted by Crippen LogP contribution is -2.39. The number of anilines is 1. The minimum absolute atomic E-state index is 0.258. The number of likely N-dealkylation sites (N-methyl/N-ethyl adjacent to an activating group) is 1. The highest BCUT2D eigenvalue weighted by Crippen LogP contribution is 2.34. The maximum absolute atomic E-state index is 10.9. The lowest BCUT2D eigenvalue weighted by Gasteiger charge is -2.18. The second-order valence-corrected chi connectivity index (χ2v) is 4.03. The fourth-order valence-electron chi connectivity index (χ4n) is 1.82. The highest BCUT2D eigenvalue weighted by Gasteiger charge is 2.16. The van der Waals surface area contributed by atoms with Gasteiger partial charge < -0.3 is 25.2 Å². The predicted molar refractivity (Wildman–Crippen MR) is 73.3 cm³/mol. The van der Waals surface area contributed by atoms with Crippen molar-refractivity contribution in [1.29, 1.82) is 0 Å². The molecule has 3 N–H and O–H groups in total. The molecule has 0 amide bonds. The number of hydrogen-bond acceptors (Lipinski definition) is 5. The number of carboxylic acid groups (broad SMARTS) is 1. The molecular weight excluding hydrogens is 248 g/mol. The number of carbonyl (C=O) groups is 1. The van der Waals surface area contributed by atoms with Gasteiger partial charge in [-0.2, -0.15) is 0 Å². The summed E-state index contributed by atoms with van der Waals surface area (Å²) >= 11 is 0. The fraction of sp³-hybridized carbons (Fsp3) is 0.462. The van der Waals surface area contributed by atoms with Gasteiger partial charge >= 0.3 is 5.97 Å². The summed E-state index contributed by atoms with van der Waals surface area (Å²) in [6.45, 7) is 2.14. The first-order valence-electron chi connectivity index (χ1n) is 5.90. The van der Waals surface area contributed by atoms with Gasteiger partial charge in [-0.05, 0) is 26.1 Å². The zero-order valence-corrected chi connectivity index (χ0v) is 11.6. The third kappa shape index (κ3) is 3.51. The van der Waals surface area contributed by atoms with E-state index >= 15 is 0 Å². The monoisotopic (exact) mass is 268 g/mol. The molecule has 1 aromatic carbocycles. The molecule has 0 radical (unpaired) electrons. The Hall–Kier alpha value is -1.95. The normalized spacial score (nSPS) is 11.8. The zero-order valence-electron chi connectivity index (χ0n) is 11.6. The number of carboxylic acids is 1. The van der Waals surface area contributed by atoms with Crippen molar-refractivity contribution in [2.75, 3.05) is 33.1 Å². The Bertz CT molecular complexity index is 449. The molecule has 0 bridgehead atoms. The molecule has 0 heterocycles. The van der Waals surface area contributed by atoms with Gasteiger partial charge in [0.25, 0.3) is 0 Å². The van der Waals surface area contributed by atoms with Crippen molar-refractivity contribution in [3.05, 3.63) is 17.7 Å². The Morgan fingerprint density at radius 3 is 2.53 bits per heavy atom. The van der Waals surface area contributed by atoms with E-state index in [0.29, 0.717) is 5.75 Å². The molecule has 6 nitrogen and oxygen atoms in total. The Balaban J connectivity index is 2.89. The van der Waals surface area contributed by atoms with Crippen molar-refractivity contribution in [3.8, 4) is 11.5 Å². The van der Waals surface area contributed by atoms with Crippen LogP contribution in [0.3, 0.4) is 0 Å². The van der Waals surface area contributed by atoms with Gasteiger partial charge in [0.05, 0.1) is 19.9 Å². The maximum atomic E-state index is 10.9. The predicted octanol–water partition coefficient (Wildman–Crippen LogP) is 1.10. The molecule has 0 fully saturated rings. The molecule has 1 atom stereocenters. The smallest absolute Gasteiger partial charge is 0.322 e. The van der Waals surface area contributed by atoms with E-state index in [4.69, 9.17) is 14.6 Å². The van der Waals surface area contributed by atoms with Crippen molar-refractivity contribution in [3.63, 3.8) is 0 Å². The molecular formula is C13H20N2O4. The van der Waals surface area contributed by atoms with Gasteiger partial charge in [-0.25, -0.2) is 0 Å². The van der Waals surface area contributed by atoms with E-state index in [2.05, 4.69) is 10.6 Å². The topological polar surface area (TPSA) is 79.8 Å². The average molecular weight is 268 g/mol. The minimum Gasteiger partial charge on any atom is -0.496 e. The lowest BCUT2D eigenvalue weighted by atomic mass is 10.1. The summed E-state index contributed by atoms with van der Waals surface area (Å²) in [6.07, 6.45) is 0. The molecule has 1 rings (SSSR count). The molecule has 1 unspecified atom stereocenters. The van der Waals surface area contributed by atoms with Crippen LogP contribution in [0.15, 0.2) is 12.1 Å². The molecule has 0 aliphatic carbocycles. The van der Waals surface area contributed by atoms with Crippen LogP contribution in [0, 0.1) is 6.92 Å². The van der Waals surface area contributed by atoms with Gasteiger partial charge in [-0.1, -0.05) is 0 Å². The third-order valence-electron chi connectivity index (χ3n) is 2.92. The molecule has 106 valence electrons. The molecule has 0 spiro atoms. The SMILES string of the molecule is CNC(CNc1ccc(OC)c(C)c1OC)C(=O)O. The number of hydrogen-bond donors (Lipinski definition) is 3. The second-order valence-electron chi connectivity index (χ2n) is 4.03. The van der Waals surface area contributed by atoms with Crippen LogP contribution in [0.4, 0.5) is 5.69 Å². The van der Waals surface area contributed by atoms with E-state index in [9.17, 15) is 4.79 Å². The zero-order chi connectivity index (χ0) is 14.4. The van der Waals surface area contributed by atoms with E-state index in [1.54, 1.807) is 27.3 Å². The van der Waals surface area contributed by atoms with Gasteiger partial charge in [0.2, 0.25) is 0 Å². The highest BCUT2D eigenvalue weighted by molar-refractivity contribution is 5.74. The third-order valence-corrected chi connectivity index (χ3v) is 2.92. The Kier molecular flexibility index (Phi) is 5.44. The molecule has 0 aliphatic heterocycles. The van der Waals surface area contributed by atoms with Crippen LogP contribution in [0.1, 0.15) is 5.56 Å². The number of aliphatic carboxylic acids is 1. The molecule has 6 heteroatoms. The van der Waals surface area contributed by atoms with Gasteiger partial charge in [-0.3, -0.25) is 4.79 Å². The first kappa shape index (κ1) is 15.1. The van der Waals surface area contributed by atoms with Gasteiger partial charge in [0.1, 0.15) is 17.5 Å². The second kappa shape index (κ2) is 6.84. The number of benzene rings is 1. The molecule has 0 aromatic heterocycles. The average Bonchev–Trinajstić information content (AvgIpc) is 2.39. The van der Waals surface area contributed by atoms with Crippen molar-refractivity contribution < 1.29 is 19.4 Å². The number of ether oxygens (including phenoxy) is 2. The standard InChI is InChI=1S/C13H20N2O4/c1-8-11(18-3)6-5-9(12(8)19-4)15-7-10(14-2)13(16)17/h5-6,10,14-15H,7H2,1-4H3,(H,16,17). The van der Waals surface area contributed by atoms with E-state index in [1.807, 2.05) is 13.0 Å². The maximum Gasteiger partial charge on any atom is 0.322 e. The van der Waals surface area contributed by atoms with Crippen molar-refractivity contribution in [1.82, 2.24) is 5.32 Å². The van der Waals surface area contributed by atoms with Crippen molar-refractivity contribution in [2.24, 2.45) is 0 Å². The van der Waals surface area contributed by atoms with E-state index in [1.165, 1.54) is 0 Å². The van der Waals surface area contributed by atoms with Crippen LogP contribution in [0.5, 0.6) is 11.5 Å². The van der Waals surface area contributed by atoms with Crippen LogP contribution in [-0.2, 0) is 4.79 Å². The summed E-state index contributed by atoms with van der Waals surface area (Å²) in [6, 6.07) is 2.96. The molecule has 0 aliphatic rings. The van der Waals surface area contributed by atoms with Crippen molar-refractivity contribution in [2.45, 2.75) is 13.0 Å². The molecule has 19 heavy (non-hydrogen) atoms. The fourth-order valence-corrected chi connectivity index (χ4v) is 1.82. The summed E-state index contributed by atoms with van der Waals surface area (Å²) in [5.41, 5.74) is 1.61. The summed E-state index contributed by atoms with van der Waals surface area (Å²) < 4.78 is 10.5. The molecule has 0 saturated carbocycles. The van der Waals surface area contributed by atoms with Crippen LogP contribution in [-0.4, -0.2) is 44.9 Å². The Morgan fingerprint density at radius 2 is 2.05 bits per heavy atom. The van der Waals surface area contributed by atoms with Gasteiger partial charge in [0.15, 0.2) is 0 Å². The summed E-state index contributed by atoms with van der Waals surface area (Å²) in [5.74, 6) is 0.476. The lowest BCUT2D eigenvalue weighted by molar-refractivity contribution is -0.138. The summed E-state index contributed by atoms with van der Waals surface area (Å²) in [5, 5.41) is 14.7. The van der Waals surface area contributed by atoms with E-state index in [-0.39, 0.29) is 6.54 Å². The number of rotatable bonds is 7. The quantitative estimate of drug-likeness (QED) is 0.687. The summed E-state index contributed by atoms with van der Waals surface area (Å²) in [7, 11) is 4.77. The molecule has 1 aromatic rings. The highest BCUT2D eigenvalue weighted by atomic mass is 16.5. The van der Waals surface area contributed by atoms with Crippen LogP contribution in [0.25, 0.3) is 0 Å². The van der Waals surface area contributed by atoms with Gasteiger partial charge in [0, 0.05) is 12.1 Å². The van der Waals surface area contributed by atoms with Crippen LogP contribution < -0.4 is 20.1 Å². The summed E-state index contributed by atoms with van der Waals surface area (Å²) in [4.78, 5) is 10.9. The van der Waals surface area contributed by atoms with Crippen LogP contribution >= 0.6 is 0 Å². The number of nitrogens with one attached hydrogen (secondary N) is 2. The van der Waals surface area contributed by atoms with Crippen LogP contribution in [0.2, 0.25) is 0 Å². The number of methoxy groups -OCH3 is 2. The van der Waals surface area contributed by atoms with Crippen molar-refractivity contribution >= 4 is 11.7 Å². The minimum atomic E-state index is -0.904. The largest absolute Gasteiger partial charge is 0.496 e. The first-order chi connectivity index (χ1) is 9.04. The van der Waals surface area contributed by atoms with E-state index < -0.39 is 12.0 Å². The first-order valence-corrected chi connectivity index (χ1v) is 5.90. The van der Waals surface area contributed by atoms with E-state index in [0.717, 1.165) is 17.0 Å².